The predicted octanol–water partition coefficient (Wildman–Crippen LogP) is 1.61. The number of halogens is 1. The first-order chi connectivity index (χ1) is 9.24. The van der Waals surface area contributed by atoms with E-state index in [1.165, 1.54) is 25.5 Å². The van der Waals surface area contributed by atoms with Crippen LogP contribution in [0.15, 0.2) is 24.3 Å². The monoisotopic (exact) mass is 263 g/mol. The van der Waals surface area contributed by atoms with Gasteiger partial charge >= 0.3 is 0 Å². The SMILES string of the molecule is NC(CN1CCN2CCCC2C1)c1ccccc1F. The molecule has 2 atom stereocenters. The van der Waals surface area contributed by atoms with Gasteiger partial charge in [-0.25, -0.2) is 4.39 Å². The van der Waals surface area contributed by atoms with Crippen molar-refractivity contribution in [3.63, 3.8) is 0 Å². The third kappa shape index (κ3) is 2.81. The molecule has 3 rings (SSSR count). The zero-order chi connectivity index (χ0) is 13.2. The minimum absolute atomic E-state index is 0.186. The van der Waals surface area contributed by atoms with Crippen molar-refractivity contribution in [1.82, 2.24) is 9.80 Å². The van der Waals surface area contributed by atoms with Crippen LogP contribution < -0.4 is 5.73 Å². The molecule has 0 bridgehead atoms. The molecular weight excluding hydrogens is 241 g/mol. The molecule has 2 saturated heterocycles. The second-order valence-electron chi connectivity index (χ2n) is 5.72. The van der Waals surface area contributed by atoms with E-state index in [2.05, 4.69) is 9.80 Å². The summed E-state index contributed by atoms with van der Waals surface area (Å²) in [6.45, 7) is 5.28. The van der Waals surface area contributed by atoms with Gasteiger partial charge in [-0.3, -0.25) is 9.80 Å². The highest BCUT2D eigenvalue weighted by Crippen LogP contribution is 2.23. The second-order valence-corrected chi connectivity index (χ2v) is 5.72. The molecule has 2 fully saturated rings. The molecule has 2 unspecified atom stereocenters. The Balaban J connectivity index is 1.61. The van der Waals surface area contributed by atoms with E-state index >= 15 is 0 Å². The third-order valence-corrected chi connectivity index (χ3v) is 4.43. The number of nitrogens with two attached hydrogens (primary N) is 1. The van der Waals surface area contributed by atoms with Crippen LogP contribution in [-0.4, -0.2) is 48.6 Å². The minimum atomic E-state index is -0.228. The van der Waals surface area contributed by atoms with Gasteiger partial charge < -0.3 is 5.73 Å². The molecule has 0 spiro atoms. The molecule has 0 aliphatic carbocycles. The van der Waals surface area contributed by atoms with Gasteiger partial charge in [-0.2, -0.15) is 0 Å². The fraction of sp³-hybridized carbons (Fsp3) is 0.600. The summed E-state index contributed by atoms with van der Waals surface area (Å²) in [7, 11) is 0. The summed E-state index contributed by atoms with van der Waals surface area (Å²) in [4.78, 5) is 4.97. The van der Waals surface area contributed by atoms with Crippen molar-refractivity contribution >= 4 is 0 Å². The first-order valence-electron chi connectivity index (χ1n) is 7.20. The summed E-state index contributed by atoms with van der Waals surface area (Å²) in [5, 5.41) is 0. The van der Waals surface area contributed by atoms with Crippen molar-refractivity contribution in [2.45, 2.75) is 24.9 Å². The molecule has 2 N–H and O–H groups in total. The van der Waals surface area contributed by atoms with Crippen LogP contribution in [0.25, 0.3) is 0 Å². The molecule has 0 amide bonds. The Kier molecular flexibility index (Phi) is 3.82. The largest absolute Gasteiger partial charge is 0.323 e. The molecule has 0 saturated carbocycles. The maximum Gasteiger partial charge on any atom is 0.128 e. The Morgan fingerprint density at radius 2 is 2.11 bits per heavy atom. The highest BCUT2D eigenvalue weighted by Gasteiger charge is 2.31. The lowest BCUT2D eigenvalue weighted by atomic mass is 10.1. The van der Waals surface area contributed by atoms with Crippen molar-refractivity contribution < 1.29 is 4.39 Å². The second kappa shape index (κ2) is 5.57. The Morgan fingerprint density at radius 3 is 2.95 bits per heavy atom. The van der Waals surface area contributed by atoms with Gasteiger partial charge in [0.05, 0.1) is 0 Å². The highest BCUT2D eigenvalue weighted by atomic mass is 19.1. The predicted molar refractivity (Wildman–Crippen MR) is 74.4 cm³/mol. The number of rotatable bonds is 3. The summed E-state index contributed by atoms with van der Waals surface area (Å²) in [5.41, 5.74) is 6.80. The van der Waals surface area contributed by atoms with Crippen LogP contribution in [0.4, 0.5) is 4.39 Å². The maximum atomic E-state index is 13.7. The number of fused-ring (bicyclic) bond motifs is 1. The molecule has 0 radical (unpaired) electrons. The van der Waals surface area contributed by atoms with Gasteiger partial charge in [-0.1, -0.05) is 18.2 Å². The van der Waals surface area contributed by atoms with Crippen molar-refractivity contribution in [1.29, 1.82) is 0 Å². The lowest BCUT2D eigenvalue weighted by Gasteiger charge is -2.38. The number of benzene rings is 1. The van der Waals surface area contributed by atoms with Crippen LogP contribution in [0.2, 0.25) is 0 Å². The van der Waals surface area contributed by atoms with Crippen LogP contribution in [-0.2, 0) is 0 Å². The van der Waals surface area contributed by atoms with E-state index in [9.17, 15) is 4.39 Å². The van der Waals surface area contributed by atoms with Crippen LogP contribution in [0.5, 0.6) is 0 Å². The molecule has 1 aromatic carbocycles. The molecule has 19 heavy (non-hydrogen) atoms. The lowest BCUT2D eigenvalue weighted by Crippen LogP contribution is -2.51. The maximum absolute atomic E-state index is 13.7. The van der Waals surface area contributed by atoms with Gasteiger partial charge in [0, 0.05) is 43.8 Å². The standard InChI is InChI=1S/C15H22FN3/c16-14-6-2-1-5-13(14)15(17)11-18-8-9-19-7-3-4-12(19)10-18/h1-2,5-6,12,15H,3-4,7-11,17H2. The lowest BCUT2D eigenvalue weighted by molar-refractivity contribution is 0.0996. The van der Waals surface area contributed by atoms with Crippen LogP contribution in [0.1, 0.15) is 24.4 Å². The Morgan fingerprint density at radius 1 is 1.26 bits per heavy atom. The third-order valence-electron chi connectivity index (χ3n) is 4.43. The van der Waals surface area contributed by atoms with E-state index < -0.39 is 0 Å². The molecule has 4 heteroatoms. The summed E-state index contributed by atoms with van der Waals surface area (Å²) in [6, 6.07) is 7.32. The zero-order valence-electron chi connectivity index (χ0n) is 11.3. The van der Waals surface area contributed by atoms with Crippen molar-refractivity contribution in [2.75, 3.05) is 32.7 Å². The fourth-order valence-corrected chi connectivity index (χ4v) is 3.37. The summed E-state index contributed by atoms with van der Waals surface area (Å²) in [5.74, 6) is -0.186. The van der Waals surface area contributed by atoms with Crippen LogP contribution in [0, 0.1) is 5.82 Å². The van der Waals surface area contributed by atoms with Gasteiger partial charge in [0.2, 0.25) is 0 Å². The Labute approximate surface area is 114 Å². The fourth-order valence-electron chi connectivity index (χ4n) is 3.37. The van der Waals surface area contributed by atoms with Gasteiger partial charge in [0.15, 0.2) is 0 Å². The van der Waals surface area contributed by atoms with E-state index in [1.54, 1.807) is 12.1 Å². The zero-order valence-corrected chi connectivity index (χ0v) is 11.3. The van der Waals surface area contributed by atoms with Gasteiger partial charge in [0.25, 0.3) is 0 Å². The molecule has 2 aliphatic heterocycles. The first kappa shape index (κ1) is 13.0. The van der Waals surface area contributed by atoms with Gasteiger partial charge in [-0.15, -0.1) is 0 Å². The molecule has 2 heterocycles. The average molecular weight is 263 g/mol. The number of hydrogen-bond donors (Lipinski definition) is 1. The quantitative estimate of drug-likeness (QED) is 0.899. The average Bonchev–Trinajstić information content (AvgIpc) is 2.86. The van der Waals surface area contributed by atoms with E-state index in [1.807, 2.05) is 6.07 Å². The minimum Gasteiger partial charge on any atom is -0.323 e. The van der Waals surface area contributed by atoms with E-state index in [4.69, 9.17) is 5.73 Å². The first-order valence-corrected chi connectivity index (χ1v) is 7.20. The van der Waals surface area contributed by atoms with Crippen LogP contribution >= 0.6 is 0 Å². The smallest absolute Gasteiger partial charge is 0.128 e. The normalized spacial score (nSPS) is 26.3. The number of hydrogen-bond acceptors (Lipinski definition) is 3. The molecule has 104 valence electrons. The molecular formula is C15H22FN3. The molecule has 1 aromatic rings. The van der Waals surface area contributed by atoms with Crippen LogP contribution in [0.3, 0.4) is 0 Å². The molecule has 0 aromatic heterocycles. The van der Waals surface area contributed by atoms with E-state index in [0.29, 0.717) is 11.6 Å². The van der Waals surface area contributed by atoms with Gasteiger partial charge in [0.1, 0.15) is 5.82 Å². The van der Waals surface area contributed by atoms with Gasteiger partial charge in [-0.05, 0) is 25.5 Å². The highest BCUT2D eigenvalue weighted by molar-refractivity contribution is 5.21. The van der Waals surface area contributed by atoms with Crippen molar-refractivity contribution in [3.05, 3.63) is 35.6 Å². The topological polar surface area (TPSA) is 32.5 Å². The van der Waals surface area contributed by atoms with E-state index in [-0.39, 0.29) is 11.9 Å². The number of nitrogens with zero attached hydrogens (tertiary/aromatic N) is 2. The summed E-state index contributed by atoms with van der Waals surface area (Å²) in [6.07, 6.45) is 2.61. The van der Waals surface area contributed by atoms with Crippen molar-refractivity contribution in [2.24, 2.45) is 5.73 Å². The summed E-state index contributed by atoms with van der Waals surface area (Å²) < 4.78 is 13.7. The Bertz CT molecular complexity index is 437. The van der Waals surface area contributed by atoms with E-state index in [0.717, 1.165) is 26.2 Å². The summed E-state index contributed by atoms with van der Waals surface area (Å²) >= 11 is 0. The Hall–Kier alpha value is -0.970. The number of piperazine rings is 1. The van der Waals surface area contributed by atoms with Crippen molar-refractivity contribution in [3.8, 4) is 0 Å². The molecule has 2 aliphatic rings. The molecule has 3 nitrogen and oxygen atoms in total.